The van der Waals surface area contributed by atoms with E-state index in [4.69, 9.17) is 0 Å². The van der Waals surface area contributed by atoms with Crippen molar-refractivity contribution in [2.45, 2.75) is 264 Å². The van der Waals surface area contributed by atoms with Crippen molar-refractivity contribution in [3.05, 3.63) is 0 Å². The van der Waals surface area contributed by atoms with Crippen LogP contribution in [0.1, 0.15) is 264 Å². The first-order valence-corrected chi connectivity index (χ1v) is 22.7. The van der Waals surface area contributed by atoms with E-state index in [-0.39, 0.29) is 11.8 Å². The summed E-state index contributed by atoms with van der Waals surface area (Å²) in [7, 11) is 0. The van der Waals surface area contributed by atoms with Crippen molar-refractivity contribution in [3.63, 3.8) is 0 Å². The normalized spacial score (nSPS) is 11.3. The van der Waals surface area contributed by atoms with E-state index in [9.17, 15) is 9.59 Å². The zero-order valence-electron chi connectivity index (χ0n) is 33.8. The Balaban J connectivity index is 3.24. The van der Waals surface area contributed by atoms with Gasteiger partial charge in [0.2, 0.25) is 11.8 Å². The molecule has 0 rings (SSSR count). The highest BCUT2D eigenvalue weighted by molar-refractivity contribution is 5.76. The lowest BCUT2D eigenvalue weighted by Gasteiger charge is -2.07. The first-order valence-electron chi connectivity index (χ1n) is 22.7. The Kier molecular flexibility index (Phi) is 42.2. The molecule has 0 aromatic carbocycles. The summed E-state index contributed by atoms with van der Waals surface area (Å²) in [6.07, 6.45) is 50.7. The van der Waals surface area contributed by atoms with Crippen molar-refractivity contribution in [2.75, 3.05) is 13.1 Å². The van der Waals surface area contributed by atoms with Crippen molar-refractivity contribution in [3.8, 4) is 0 Å². The highest BCUT2D eigenvalue weighted by Crippen LogP contribution is 2.15. The van der Waals surface area contributed by atoms with Gasteiger partial charge in [-0.05, 0) is 25.7 Å². The summed E-state index contributed by atoms with van der Waals surface area (Å²) in [5.41, 5.74) is 0. The number of carbonyl (C=O) groups is 2. The first-order chi connectivity index (χ1) is 24.2. The Labute approximate surface area is 308 Å². The average Bonchev–Trinajstić information content (AvgIpc) is 3.10. The van der Waals surface area contributed by atoms with Gasteiger partial charge in [0.15, 0.2) is 0 Å². The van der Waals surface area contributed by atoms with Crippen LogP contribution in [0, 0.1) is 0 Å². The van der Waals surface area contributed by atoms with Gasteiger partial charge in [0.1, 0.15) is 0 Å². The third-order valence-corrected chi connectivity index (χ3v) is 10.5. The van der Waals surface area contributed by atoms with Gasteiger partial charge in [-0.25, -0.2) is 0 Å². The predicted octanol–water partition coefficient (Wildman–Crippen LogP) is 14.5. The molecule has 4 nitrogen and oxygen atoms in total. The average molecular weight is 691 g/mol. The summed E-state index contributed by atoms with van der Waals surface area (Å²) in [4.78, 5) is 24.2. The lowest BCUT2D eigenvalue weighted by atomic mass is 10.0. The molecule has 0 aromatic rings. The third kappa shape index (κ3) is 43.0. The molecule has 292 valence electrons. The van der Waals surface area contributed by atoms with Crippen LogP contribution in [-0.4, -0.2) is 24.9 Å². The molecule has 0 aromatic heterocycles. The van der Waals surface area contributed by atoms with Crippen molar-refractivity contribution in [1.82, 2.24) is 10.6 Å². The van der Waals surface area contributed by atoms with E-state index in [1.807, 2.05) is 0 Å². The van der Waals surface area contributed by atoms with Crippen LogP contribution < -0.4 is 10.6 Å². The van der Waals surface area contributed by atoms with E-state index in [1.54, 1.807) is 0 Å². The number of carbonyl (C=O) groups excluding carboxylic acids is 2. The quantitative estimate of drug-likeness (QED) is 0.0626. The zero-order chi connectivity index (χ0) is 35.6. The topological polar surface area (TPSA) is 58.2 Å². The predicted molar refractivity (Wildman–Crippen MR) is 217 cm³/mol. The van der Waals surface area contributed by atoms with E-state index in [2.05, 4.69) is 24.5 Å². The van der Waals surface area contributed by atoms with Gasteiger partial charge >= 0.3 is 0 Å². The van der Waals surface area contributed by atoms with Crippen LogP contribution in [0.25, 0.3) is 0 Å². The largest absolute Gasteiger partial charge is 0.356 e. The second kappa shape index (κ2) is 43.1. The molecule has 2 amide bonds. The summed E-state index contributed by atoms with van der Waals surface area (Å²) in [5, 5.41) is 6.23. The van der Waals surface area contributed by atoms with Crippen LogP contribution in [0.4, 0.5) is 0 Å². The third-order valence-electron chi connectivity index (χ3n) is 10.5. The van der Waals surface area contributed by atoms with Crippen molar-refractivity contribution < 1.29 is 9.59 Å². The maximum absolute atomic E-state index is 12.1. The fourth-order valence-corrected chi connectivity index (χ4v) is 7.08. The molecule has 0 unspecified atom stereocenters. The minimum Gasteiger partial charge on any atom is -0.356 e. The highest BCUT2D eigenvalue weighted by atomic mass is 16.2. The van der Waals surface area contributed by atoms with E-state index < -0.39 is 0 Å². The molecule has 0 spiro atoms. The smallest absolute Gasteiger partial charge is 0.219 e. The summed E-state index contributed by atoms with van der Waals surface area (Å²) < 4.78 is 0. The Morgan fingerprint density at radius 2 is 0.449 bits per heavy atom. The molecule has 4 heteroatoms. The molecular weight excluding hydrogens is 601 g/mol. The molecule has 0 aliphatic rings. The van der Waals surface area contributed by atoms with Gasteiger partial charge in [0, 0.05) is 25.9 Å². The molecular formula is C45H90N2O2. The molecule has 0 heterocycles. The Morgan fingerprint density at radius 1 is 0.265 bits per heavy atom. The van der Waals surface area contributed by atoms with Crippen molar-refractivity contribution in [2.24, 2.45) is 0 Å². The van der Waals surface area contributed by atoms with Crippen LogP contribution >= 0.6 is 0 Å². The van der Waals surface area contributed by atoms with E-state index >= 15 is 0 Å². The second-order valence-electron chi connectivity index (χ2n) is 15.6. The monoisotopic (exact) mass is 691 g/mol. The minimum absolute atomic E-state index is 0.217. The lowest BCUT2D eigenvalue weighted by molar-refractivity contribution is -0.121. The van der Waals surface area contributed by atoms with Gasteiger partial charge in [-0.3, -0.25) is 9.59 Å². The molecule has 0 aliphatic heterocycles. The summed E-state index contributed by atoms with van der Waals surface area (Å²) in [6, 6.07) is 0. The number of nitrogens with one attached hydrogen (secondary N) is 2. The molecule has 0 saturated heterocycles. The Bertz CT molecular complexity index is 598. The Morgan fingerprint density at radius 3 is 0.673 bits per heavy atom. The van der Waals surface area contributed by atoms with Crippen LogP contribution in [0.2, 0.25) is 0 Å². The van der Waals surface area contributed by atoms with Crippen LogP contribution in [0.5, 0.6) is 0 Å². The zero-order valence-corrected chi connectivity index (χ0v) is 33.8. The van der Waals surface area contributed by atoms with E-state index in [0.29, 0.717) is 12.8 Å². The van der Waals surface area contributed by atoms with Crippen LogP contribution in [0.3, 0.4) is 0 Å². The molecule has 0 bridgehead atoms. The van der Waals surface area contributed by atoms with Gasteiger partial charge in [0.25, 0.3) is 0 Å². The second-order valence-corrected chi connectivity index (χ2v) is 15.6. The van der Waals surface area contributed by atoms with Gasteiger partial charge in [-0.15, -0.1) is 0 Å². The number of amides is 2. The maximum Gasteiger partial charge on any atom is 0.219 e. The van der Waals surface area contributed by atoms with Gasteiger partial charge < -0.3 is 10.6 Å². The Hall–Kier alpha value is -1.06. The highest BCUT2D eigenvalue weighted by Gasteiger charge is 2.03. The molecule has 0 fully saturated rings. The summed E-state index contributed by atoms with van der Waals surface area (Å²) >= 11 is 0. The standard InChI is InChI=1S/C45H90N2O2/c1-3-5-7-9-11-13-15-17-19-21-23-25-27-29-34-38-42-46-44(48)40-36-32-31-33-37-41-45(49)47-43-39-35-30-28-26-24-22-20-18-16-14-12-10-8-6-4-2/h3-43H2,1-2H3,(H,46,48)(H,47,49). The number of rotatable bonds is 42. The first kappa shape index (κ1) is 47.9. The SMILES string of the molecule is CCCCCCCCCCCCCCCCCCNC(=O)CCCCCCCC(=O)NCCCCCCCCCCCCCCCCCC. The summed E-state index contributed by atoms with van der Waals surface area (Å²) in [6.45, 7) is 6.26. The van der Waals surface area contributed by atoms with Crippen molar-refractivity contribution >= 4 is 11.8 Å². The van der Waals surface area contributed by atoms with Crippen LogP contribution in [-0.2, 0) is 9.59 Å². The minimum atomic E-state index is 0.217. The molecule has 0 radical (unpaired) electrons. The van der Waals surface area contributed by atoms with Crippen LogP contribution in [0.15, 0.2) is 0 Å². The number of hydrogen-bond acceptors (Lipinski definition) is 2. The molecule has 0 saturated carbocycles. The van der Waals surface area contributed by atoms with E-state index in [0.717, 1.165) is 58.0 Å². The molecule has 2 N–H and O–H groups in total. The van der Waals surface area contributed by atoms with E-state index in [1.165, 1.54) is 193 Å². The van der Waals surface area contributed by atoms with Gasteiger partial charge in [0.05, 0.1) is 0 Å². The van der Waals surface area contributed by atoms with Gasteiger partial charge in [-0.2, -0.15) is 0 Å². The fourth-order valence-electron chi connectivity index (χ4n) is 7.08. The molecule has 49 heavy (non-hydrogen) atoms. The fraction of sp³-hybridized carbons (Fsp3) is 0.956. The lowest BCUT2D eigenvalue weighted by Crippen LogP contribution is -2.24. The maximum atomic E-state index is 12.1. The number of hydrogen-bond donors (Lipinski definition) is 2. The summed E-state index contributed by atoms with van der Waals surface area (Å²) in [5.74, 6) is 0.434. The van der Waals surface area contributed by atoms with Crippen molar-refractivity contribution in [1.29, 1.82) is 0 Å². The molecule has 0 atom stereocenters. The molecule has 0 aliphatic carbocycles. The van der Waals surface area contributed by atoms with Gasteiger partial charge in [-0.1, -0.05) is 226 Å². The number of unbranched alkanes of at least 4 members (excludes halogenated alkanes) is 34.